The lowest BCUT2D eigenvalue weighted by Crippen LogP contribution is -2.08. The molecule has 0 radical (unpaired) electrons. The molecule has 0 N–H and O–H groups in total. The van der Waals surface area contributed by atoms with Gasteiger partial charge in [-0.25, -0.2) is 0 Å². The van der Waals surface area contributed by atoms with E-state index in [-0.39, 0.29) is 0 Å². The smallest absolute Gasteiger partial charge is 0.143 e. The normalized spacial score (nSPS) is 17.7. The summed E-state index contributed by atoms with van der Waals surface area (Å²) < 4.78 is 7.42. The molecule has 1 aromatic rings. The minimum atomic E-state index is 0.509. The molecule has 5 heteroatoms. The molecule has 16 heavy (non-hydrogen) atoms. The number of aromatic nitrogens is 3. The van der Waals surface area contributed by atoms with Crippen molar-refractivity contribution in [3.63, 3.8) is 0 Å². The van der Waals surface area contributed by atoms with Crippen molar-refractivity contribution >= 4 is 11.8 Å². The van der Waals surface area contributed by atoms with Gasteiger partial charge in [0.2, 0.25) is 0 Å². The average Bonchev–Trinajstić information content (AvgIpc) is 3.01. The van der Waals surface area contributed by atoms with Gasteiger partial charge in [0.15, 0.2) is 0 Å². The molecule has 1 aromatic heterocycles. The van der Waals surface area contributed by atoms with Crippen molar-refractivity contribution in [1.82, 2.24) is 14.8 Å². The Morgan fingerprint density at radius 1 is 1.50 bits per heavy atom. The Morgan fingerprint density at radius 2 is 2.25 bits per heavy atom. The van der Waals surface area contributed by atoms with Crippen molar-refractivity contribution < 1.29 is 4.74 Å². The Kier molecular flexibility index (Phi) is 3.86. The van der Waals surface area contributed by atoms with Crippen LogP contribution in [0.15, 0.2) is 0 Å². The minimum absolute atomic E-state index is 0.509. The van der Waals surface area contributed by atoms with Crippen molar-refractivity contribution in [2.24, 2.45) is 0 Å². The van der Waals surface area contributed by atoms with Crippen LogP contribution < -0.4 is 0 Å². The molecule has 1 aliphatic carbocycles. The van der Waals surface area contributed by atoms with Gasteiger partial charge in [0.05, 0.1) is 12.4 Å². The number of aryl methyl sites for hydroxylation is 1. The Hall–Kier alpha value is -0.550. The zero-order valence-corrected chi connectivity index (χ0v) is 11.0. The molecule has 1 atom stereocenters. The van der Waals surface area contributed by atoms with E-state index in [0.717, 1.165) is 24.0 Å². The zero-order chi connectivity index (χ0) is 11.5. The highest BCUT2D eigenvalue weighted by Gasteiger charge is 2.28. The molecule has 1 saturated carbocycles. The van der Waals surface area contributed by atoms with E-state index in [2.05, 4.69) is 21.7 Å². The average molecular weight is 241 g/mol. The van der Waals surface area contributed by atoms with Crippen molar-refractivity contribution in [2.45, 2.75) is 43.7 Å². The van der Waals surface area contributed by atoms with Crippen LogP contribution in [0.25, 0.3) is 0 Å². The van der Waals surface area contributed by atoms with E-state index in [0.29, 0.717) is 11.3 Å². The molecular formula is C11H19N3OS. The summed E-state index contributed by atoms with van der Waals surface area (Å²) in [7, 11) is 1.74. The molecule has 2 rings (SSSR count). The molecule has 0 amide bonds. The maximum Gasteiger partial charge on any atom is 0.143 e. The Labute approximate surface area is 101 Å². The molecule has 0 aromatic carbocycles. The van der Waals surface area contributed by atoms with Crippen LogP contribution in [0.2, 0.25) is 0 Å². The molecule has 90 valence electrons. The van der Waals surface area contributed by atoms with E-state index in [1.165, 1.54) is 12.8 Å². The first-order chi connectivity index (χ1) is 7.72. The quantitative estimate of drug-likeness (QED) is 0.765. The second-order valence-electron chi connectivity index (χ2n) is 4.34. The fourth-order valence-electron chi connectivity index (χ4n) is 1.82. The summed E-state index contributed by atoms with van der Waals surface area (Å²) in [5.74, 6) is 3.10. The first-order valence-electron chi connectivity index (χ1n) is 5.73. The maximum absolute atomic E-state index is 5.12. The zero-order valence-electron chi connectivity index (χ0n) is 10.1. The molecular weight excluding hydrogens is 222 g/mol. The van der Waals surface area contributed by atoms with E-state index in [9.17, 15) is 0 Å². The van der Waals surface area contributed by atoms with Crippen LogP contribution in [0, 0.1) is 6.92 Å². The van der Waals surface area contributed by atoms with Gasteiger partial charge in [-0.15, -0.1) is 22.0 Å². The number of hydrogen-bond acceptors (Lipinski definition) is 4. The summed E-state index contributed by atoms with van der Waals surface area (Å²) in [6, 6.07) is 0.670. The van der Waals surface area contributed by atoms with Gasteiger partial charge >= 0.3 is 0 Å². The van der Waals surface area contributed by atoms with Crippen LogP contribution in [0.3, 0.4) is 0 Å². The summed E-state index contributed by atoms with van der Waals surface area (Å²) in [5.41, 5.74) is 0. The summed E-state index contributed by atoms with van der Waals surface area (Å²) in [6.45, 7) is 5.01. The van der Waals surface area contributed by atoms with Crippen LogP contribution in [0.1, 0.15) is 37.5 Å². The predicted molar refractivity (Wildman–Crippen MR) is 65.7 cm³/mol. The predicted octanol–water partition coefficient (Wildman–Crippen LogP) is 2.19. The number of rotatable bonds is 6. The fourth-order valence-corrected chi connectivity index (χ4v) is 2.68. The first kappa shape index (κ1) is 11.9. The van der Waals surface area contributed by atoms with Crippen LogP contribution >= 0.6 is 11.8 Å². The molecule has 1 fully saturated rings. The molecule has 4 nitrogen and oxygen atoms in total. The largest absolute Gasteiger partial charge is 0.384 e. The lowest BCUT2D eigenvalue weighted by molar-refractivity contribution is 0.203. The monoisotopic (exact) mass is 241 g/mol. The van der Waals surface area contributed by atoms with Gasteiger partial charge in [0, 0.05) is 18.4 Å². The van der Waals surface area contributed by atoms with E-state index in [1.807, 2.05) is 18.7 Å². The van der Waals surface area contributed by atoms with E-state index in [4.69, 9.17) is 4.74 Å². The fraction of sp³-hybridized carbons (Fsp3) is 0.818. The molecule has 0 saturated heterocycles. The molecule has 1 heterocycles. The van der Waals surface area contributed by atoms with Crippen molar-refractivity contribution in [3.05, 3.63) is 11.6 Å². The number of thioether (sulfide) groups is 1. The summed E-state index contributed by atoms with van der Waals surface area (Å²) >= 11 is 1.88. The van der Waals surface area contributed by atoms with E-state index in [1.54, 1.807) is 7.11 Å². The molecule has 0 bridgehead atoms. The third-order valence-electron chi connectivity index (χ3n) is 2.75. The van der Waals surface area contributed by atoms with Gasteiger partial charge in [-0.3, -0.25) is 0 Å². The first-order valence-corrected chi connectivity index (χ1v) is 6.78. The van der Waals surface area contributed by atoms with E-state index < -0.39 is 0 Å². The van der Waals surface area contributed by atoms with Crippen LogP contribution in [0.5, 0.6) is 0 Å². The van der Waals surface area contributed by atoms with Gasteiger partial charge in [-0.1, -0.05) is 6.92 Å². The number of methoxy groups -OCH3 is 1. The molecule has 0 aliphatic heterocycles. The number of nitrogens with zero attached hydrogens (tertiary/aromatic N) is 3. The molecule has 0 unspecified atom stereocenters. The Balaban J connectivity index is 1.93. The highest BCUT2D eigenvalue weighted by atomic mass is 32.2. The van der Waals surface area contributed by atoms with Gasteiger partial charge in [0.25, 0.3) is 0 Å². The lowest BCUT2D eigenvalue weighted by Gasteiger charge is -2.10. The molecule has 1 aliphatic rings. The summed E-state index contributed by atoms with van der Waals surface area (Å²) in [4.78, 5) is 0. The highest BCUT2D eigenvalue weighted by Crippen LogP contribution is 2.37. The van der Waals surface area contributed by atoms with Gasteiger partial charge < -0.3 is 9.30 Å². The summed E-state index contributed by atoms with van der Waals surface area (Å²) in [6.07, 6.45) is 2.56. The standard InChI is InChI=1S/C11H19N3OS/c1-8(6-15-3)16-7-11-13-12-9(2)14(11)10-4-5-10/h8,10H,4-7H2,1-3H3/t8-/m1/s1. The van der Waals surface area contributed by atoms with Crippen molar-refractivity contribution in [3.8, 4) is 0 Å². The van der Waals surface area contributed by atoms with Crippen molar-refractivity contribution in [2.75, 3.05) is 13.7 Å². The van der Waals surface area contributed by atoms with Crippen LogP contribution in [-0.2, 0) is 10.5 Å². The second kappa shape index (κ2) is 5.19. The number of hydrogen-bond donors (Lipinski definition) is 0. The third-order valence-corrected chi connectivity index (χ3v) is 3.88. The number of ether oxygens (including phenoxy) is 1. The maximum atomic E-state index is 5.12. The Morgan fingerprint density at radius 3 is 2.88 bits per heavy atom. The molecule has 0 spiro atoms. The topological polar surface area (TPSA) is 39.9 Å². The SMILES string of the molecule is COC[C@@H](C)SCc1nnc(C)n1C1CC1. The third kappa shape index (κ3) is 2.77. The van der Waals surface area contributed by atoms with Gasteiger partial charge in [-0.2, -0.15) is 0 Å². The van der Waals surface area contributed by atoms with E-state index >= 15 is 0 Å². The summed E-state index contributed by atoms with van der Waals surface area (Å²) in [5, 5.41) is 8.94. The lowest BCUT2D eigenvalue weighted by atomic mass is 10.5. The second-order valence-corrected chi connectivity index (χ2v) is 5.77. The van der Waals surface area contributed by atoms with Gasteiger partial charge in [0.1, 0.15) is 11.6 Å². The van der Waals surface area contributed by atoms with Crippen LogP contribution in [0.4, 0.5) is 0 Å². The van der Waals surface area contributed by atoms with Crippen LogP contribution in [-0.4, -0.2) is 33.7 Å². The Bertz CT molecular complexity index is 349. The minimum Gasteiger partial charge on any atom is -0.384 e. The van der Waals surface area contributed by atoms with Crippen molar-refractivity contribution in [1.29, 1.82) is 0 Å². The highest BCUT2D eigenvalue weighted by molar-refractivity contribution is 7.99. The van der Waals surface area contributed by atoms with Gasteiger partial charge in [-0.05, 0) is 19.8 Å².